The molecular formula is C22H28N4O4S. The third-order valence-corrected chi connectivity index (χ3v) is 6.30. The zero-order valence-corrected chi connectivity index (χ0v) is 18.4. The number of rotatable bonds is 7. The molecule has 1 aliphatic heterocycles. The summed E-state index contributed by atoms with van der Waals surface area (Å²) in [6.45, 7) is 4.68. The third-order valence-electron chi connectivity index (χ3n) is 5.37. The molecule has 1 fully saturated rings. The lowest BCUT2D eigenvalue weighted by atomic mass is 10.1. The van der Waals surface area contributed by atoms with Crippen LogP contribution < -0.4 is 10.5 Å². The highest BCUT2D eigenvalue weighted by Crippen LogP contribution is 2.16. The summed E-state index contributed by atoms with van der Waals surface area (Å²) in [5.74, 6) is -0.0834. The molecule has 0 bridgehead atoms. The Hall–Kier alpha value is -2.75. The topological polar surface area (TPSA) is 113 Å². The number of nitrogens with one attached hydrogen (secondary N) is 1. The van der Waals surface area contributed by atoms with Crippen molar-refractivity contribution in [1.82, 2.24) is 9.80 Å². The molecule has 0 aliphatic carbocycles. The summed E-state index contributed by atoms with van der Waals surface area (Å²) in [5, 5.41) is 8.07. The van der Waals surface area contributed by atoms with Gasteiger partial charge in [-0.25, -0.2) is 13.6 Å². The minimum Gasteiger partial charge on any atom is -0.340 e. The van der Waals surface area contributed by atoms with Crippen LogP contribution in [-0.4, -0.2) is 62.8 Å². The molecule has 2 aromatic rings. The van der Waals surface area contributed by atoms with Crippen molar-refractivity contribution in [2.24, 2.45) is 5.14 Å². The van der Waals surface area contributed by atoms with Crippen LogP contribution in [0.3, 0.4) is 0 Å². The van der Waals surface area contributed by atoms with E-state index in [1.165, 1.54) is 12.1 Å². The maximum absolute atomic E-state index is 12.6. The van der Waals surface area contributed by atoms with Crippen molar-refractivity contribution in [3.8, 4) is 0 Å². The lowest BCUT2D eigenvalue weighted by molar-refractivity contribution is -0.132. The van der Waals surface area contributed by atoms with E-state index in [1.54, 1.807) is 17.0 Å². The summed E-state index contributed by atoms with van der Waals surface area (Å²) in [6.07, 6.45) is 1.04. The number of nitrogens with two attached hydrogens (primary N) is 1. The number of aryl methyl sites for hydroxylation is 1. The Kier molecular flexibility index (Phi) is 7.42. The second-order valence-corrected chi connectivity index (χ2v) is 9.14. The summed E-state index contributed by atoms with van der Waals surface area (Å²) in [4.78, 5) is 28.8. The molecule has 3 N–H and O–H groups in total. The summed E-state index contributed by atoms with van der Waals surface area (Å²) in [7, 11) is -3.74. The number of hydrogen-bond donors (Lipinski definition) is 2. The van der Waals surface area contributed by atoms with E-state index in [1.807, 2.05) is 29.2 Å². The highest BCUT2D eigenvalue weighted by atomic mass is 32.2. The monoisotopic (exact) mass is 444 g/mol. The maximum atomic E-state index is 12.6. The van der Waals surface area contributed by atoms with Gasteiger partial charge in [0.25, 0.3) is 0 Å². The molecule has 2 aromatic carbocycles. The first-order valence-electron chi connectivity index (χ1n) is 10.3. The van der Waals surface area contributed by atoms with Crippen LogP contribution >= 0.6 is 0 Å². The second-order valence-electron chi connectivity index (χ2n) is 7.58. The van der Waals surface area contributed by atoms with E-state index in [0.717, 1.165) is 23.2 Å². The number of sulfonamides is 1. The number of nitrogens with zero attached hydrogens (tertiary/aromatic N) is 2. The minimum absolute atomic E-state index is 0.0238. The fourth-order valence-electron chi connectivity index (χ4n) is 3.58. The van der Waals surface area contributed by atoms with E-state index in [2.05, 4.69) is 12.2 Å². The highest BCUT2D eigenvalue weighted by molar-refractivity contribution is 7.89. The standard InChI is InChI=1S/C22H28N4O4S/c1-2-18-5-3-4-6-20(18)24-21(27)16-25-11-13-26(14-12-25)22(28)15-17-7-9-19(10-8-17)31(23,29)30/h3-10H,2,11-16H2,1H3,(H,24,27)(H2,23,29,30). The Labute approximate surface area is 183 Å². The van der Waals surface area contributed by atoms with Crippen LogP contribution in [-0.2, 0) is 32.5 Å². The van der Waals surface area contributed by atoms with Crippen molar-refractivity contribution in [2.75, 3.05) is 38.0 Å². The van der Waals surface area contributed by atoms with E-state index < -0.39 is 10.0 Å². The van der Waals surface area contributed by atoms with Gasteiger partial charge in [-0.2, -0.15) is 0 Å². The lowest BCUT2D eigenvalue weighted by Gasteiger charge is -2.34. The molecule has 0 unspecified atom stereocenters. The first kappa shape index (κ1) is 22.9. The first-order valence-corrected chi connectivity index (χ1v) is 11.8. The van der Waals surface area contributed by atoms with Crippen molar-refractivity contribution >= 4 is 27.5 Å². The van der Waals surface area contributed by atoms with Crippen LogP contribution in [0.4, 0.5) is 5.69 Å². The number of para-hydroxylation sites is 1. The number of piperazine rings is 1. The van der Waals surface area contributed by atoms with Gasteiger partial charge >= 0.3 is 0 Å². The van der Waals surface area contributed by atoms with Crippen LogP contribution in [0.1, 0.15) is 18.1 Å². The molecule has 9 heteroatoms. The molecule has 8 nitrogen and oxygen atoms in total. The Balaban J connectivity index is 1.46. The number of benzene rings is 2. The number of anilines is 1. The molecule has 31 heavy (non-hydrogen) atoms. The smallest absolute Gasteiger partial charge is 0.238 e. The van der Waals surface area contributed by atoms with Gasteiger partial charge in [-0.05, 0) is 35.7 Å². The quantitative estimate of drug-likeness (QED) is 0.667. The zero-order chi connectivity index (χ0) is 22.4. The second kappa shape index (κ2) is 10.0. The number of amides is 2. The van der Waals surface area contributed by atoms with Crippen LogP contribution in [0.5, 0.6) is 0 Å². The third kappa shape index (κ3) is 6.36. The maximum Gasteiger partial charge on any atom is 0.238 e. The van der Waals surface area contributed by atoms with Crippen LogP contribution in [0.2, 0.25) is 0 Å². The normalized spacial score (nSPS) is 15.0. The largest absolute Gasteiger partial charge is 0.340 e. The molecule has 0 atom stereocenters. The minimum atomic E-state index is -3.74. The fraction of sp³-hybridized carbons (Fsp3) is 0.364. The Morgan fingerprint density at radius 2 is 1.65 bits per heavy atom. The van der Waals surface area contributed by atoms with Gasteiger partial charge in [0.05, 0.1) is 17.9 Å². The molecule has 1 saturated heterocycles. The molecule has 1 aliphatic rings. The number of hydrogen-bond acceptors (Lipinski definition) is 5. The molecule has 0 saturated carbocycles. The molecule has 3 rings (SSSR count). The van der Waals surface area contributed by atoms with Crippen molar-refractivity contribution in [1.29, 1.82) is 0 Å². The van der Waals surface area contributed by atoms with Crippen molar-refractivity contribution in [2.45, 2.75) is 24.7 Å². The average molecular weight is 445 g/mol. The average Bonchev–Trinajstić information content (AvgIpc) is 2.74. The van der Waals surface area contributed by atoms with Gasteiger partial charge in [-0.15, -0.1) is 0 Å². The summed E-state index contributed by atoms with van der Waals surface area (Å²) in [5.41, 5.74) is 2.68. The molecule has 0 spiro atoms. The first-order chi connectivity index (χ1) is 14.8. The number of carbonyl (C=O) groups excluding carboxylic acids is 2. The lowest BCUT2D eigenvalue weighted by Crippen LogP contribution is -2.50. The molecule has 166 valence electrons. The Morgan fingerprint density at radius 1 is 1.00 bits per heavy atom. The van der Waals surface area contributed by atoms with Gasteiger partial charge in [0.15, 0.2) is 0 Å². The van der Waals surface area contributed by atoms with Crippen LogP contribution in [0.25, 0.3) is 0 Å². The Morgan fingerprint density at radius 3 is 2.26 bits per heavy atom. The van der Waals surface area contributed by atoms with Gasteiger partial charge < -0.3 is 10.2 Å². The predicted molar refractivity (Wildman–Crippen MR) is 119 cm³/mol. The van der Waals surface area contributed by atoms with Crippen molar-refractivity contribution < 1.29 is 18.0 Å². The van der Waals surface area contributed by atoms with E-state index in [4.69, 9.17) is 5.14 Å². The van der Waals surface area contributed by atoms with Crippen LogP contribution in [0, 0.1) is 0 Å². The van der Waals surface area contributed by atoms with E-state index >= 15 is 0 Å². The number of carbonyl (C=O) groups is 2. The van der Waals surface area contributed by atoms with Gasteiger partial charge in [-0.1, -0.05) is 37.3 Å². The van der Waals surface area contributed by atoms with Gasteiger partial charge in [0.2, 0.25) is 21.8 Å². The zero-order valence-electron chi connectivity index (χ0n) is 17.6. The summed E-state index contributed by atoms with van der Waals surface area (Å²) >= 11 is 0. The Bertz CT molecular complexity index is 1030. The predicted octanol–water partition coefficient (Wildman–Crippen LogP) is 1.22. The van der Waals surface area contributed by atoms with Gasteiger partial charge in [0, 0.05) is 31.9 Å². The summed E-state index contributed by atoms with van der Waals surface area (Å²) < 4.78 is 22.6. The van der Waals surface area contributed by atoms with E-state index in [9.17, 15) is 18.0 Å². The van der Waals surface area contributed by atoms with E-state index in [-0.39, 0.29) is 29.7 Å². The van der Waals surface area contributed by atoms with Crippen molar-refractivity contribution in [3.05, 3.63) is 59.7 Å². The van der Waals surface area contributed by atoms with Crippen molar-refractivity contribution in [3.63, 3.8) is 0 Å². The number of primary sulfonamides is 1. The highest BCUT2D eigenvalue weighted by Gasteiger charge is 2.23. The molecule has 1 heterocycles. The fourth-order valence-corrected chi connectivity index (χ4v) is 4.10. The van der Waals surface area contributed by atoms with Gasteiger partial charge in [-0.3, -0.25) is 14.5 Å². The van der Waals surface area contributed by atoms with E-state index in [0.29, 0.717) is 26.2 Å². The molecule has 0 radical (unpaired) electrons. The van der Waals surface area contributed by atoms with Crippen LogP contribution in [0.15, 0.2) is 53.4 Å². The molecular weight excluding hydrogens is 416 g/mol. The SMILES string of the molecule is CCc1ccccc1NC(=O)CN1CCN(C(=O)Cc2ccc(S(N)(=O)=O)cc2)CC1. The molecule has 0 aromatic heterocycles. The van der Waals surface area contributed by atoms with Gasteiger partial charge in [0.1, 0.15) is 0 Å². The molecule has 2 amide bonds. The summed E-state index contributed by atoms with van der Waals surface area (Å²) in [6, 6.07) is 13.8.